The molecule has 0 aliphatic rings. The molecule has 2 N–H and O–H groups in total. The zero-order valence-electron chi connectivity index (χ0n) is 13.0. The lowest BCUT2D eigenvalue weighted by Crippen LogP contribution is -2.03. The molecule has 0 saturated carbocycles. The summed E-state index contributed by atoms with van der Waals surface area (Å²) in [5, 5.41) is 6.91. The lowest BCUT2D eigenvalue weighted by Gasteiger charge is -2.08. The highest BCUT2D eigenvalue weighted by atomic mass is 35.5. The third-order valence-corrected chi connectivity index (χ3v) is 4.46. The highest BCUT2D eigenvalue weighted by Gasteiger charge is 2.11. The maximum Gasteiger partial charge on any atom is 0.273 e. The van der Waals surface area contributed by atoms with E-state index in [1.165, 1.54) is 18.3 Å². The Morgan fingerprint density at radius 2 is 1.81 bits per heavy atom. The number of hydrogen-bond acceptors (Lipinski definition) is 4. The second kappa shape index (κ2) is 6.44. The molecule has 0 aliphatic heterocycles. The number of nitrogens with zero attached hydrogens (tertiary/aromatic N) is 3. The van der Waals surface area contributed by atoms with Crippen LogP contribution in [-0.4, -0.2) is 19.7 Å². The summed E-state index contributed by atoms with van der Waals surface area (Å²) < 4.78 is 14.6. The summed E-state index contributed by atoms with van der Waals surface area (Å²) in [5.74, 6) is 0.444. The quantitative estimate of drug-likeness (QED) is 0.547. The minimum atomic E-state index is -0.432. The minimum Gasteiger partial charge on any atom is -0.325 e. The topological polar surface area (TPSA) is 75.6 Å². The van der Waals surface area contributed by atoms with Crippen LogP contribution in [0, 0.1) is 5.82 Å². The van der Waals surface area contributed by atoms with Crippen LogP contribution < -0.4 is 10.9 Å². The number of hydrogen-bond donors (Lipinski definition) is 2. The molecule has 130 valence electrons. The van der Waals surface area contributed by atoms with Gasteiger partial charge in [0, 0.05) is 12.3 Å². The molecule has 6 nitrogen and oxygen atoms in total. The van der Waals surface area contributed by atoms with Crippen molar-refractivity contribution in [2.45, 2.75) is 0 Å². The Kier molecular flexibility index (Phi) is 4.10. The number of halogens is 3. The van der Waals surface area contributed by atoms with Crippen molar-refractivity contribution in [3.63, 3.8) is 0 Å². The average Bonchev–Trinajstić information content (AvgIpc) is 2.96. The first kappa shape index (κ1) is 16.6. The molecule has 0 fully saturated rings. The molecule has 0 bridgehead atoms. The van der Waals surface area contributed by atoms with Crippen molar-refractivity contribution >= 4 is 45.7 Å². The van der Waals surface area contributed by atoms with E-state index in [9.17, 15) is 9.18 Å². The molecule has 0 spiro atoms. The van der Waals surface area contributed by atoms with E-state index in [0.29, 0.717) is 38.3 Å². The fraction of sp³-hybridized carbons (Fsp3) is 0. The van der Waals surface area contributed by atoms with Gasteiger partial charge in [-0.05, 0) is 30.3 Å². The lowest BCUT2D eigenvalue weighted by molar-refractivity contribution is 0.622. The standard InChI is InChI=1S/C17H10Cl2FN5O/c18-12-3-2-10(5-13(12)19)25-14-6-16(22-8-11(14)17(26)24-25)23-15-4-1-9(20)7-21-15/h1-8H,(H,24,26)(H,21,22,23). The number of aromatic nitrogens is 4. The summed E-state index contributed by atoms with van der Waals surface area (Å²) in [6, 6.07) is 9.49. The van der Waals surface area contributed by atoms with Crippen molar-refractivity contribution in [3.05, 3.63) is 75.0 Å². The zero-order valence-corrected chi connectivity index (χ0v) is 14.5. The third-order valence-electron chi connectivity index (χ3n) is 3.73. The predicted octanol–water partition coefficient (Wildman–Crippen LogP) is 4.30. The van der Waals surface area contributed by atoms with E-state index in [1.54, 1.807) is 28.9 Å². The Balaban J connectivity index is 1.80. The van der Waals surface area contributed by atoms with Gasteiger partial charge in [0.2, 0.25) is 0 Å². The van der Waals surface area contributed by atoms with Gasteiger partial charge in [0.1, 0.15) is 17.5 Å². The van der Waals surface area contributed by atoms with Crippen LogP contribution in [0.5, 0.6) is 0 Å². The van der Waals surface area contributed by atoms with Gasteiger partial charge < -0.3 is 5.32 Å². The first-order valence-electron chi connectivity index (χ1n) is 7.46. The van der Waals surface area contributed by atoms with Gasteiger partial charge in [-0.15, -0.1) is 0 Å². The first-order chi connectivity index (χ1) is 12.5. The van der Waals surface area contributed by atoms with Crippen molar-refractivity contribution in [1.29, 1.82) is 0 Å². The number of aromatic amines is 1. The van der Waals surface area contributed by atoms with Crippen LogP contribution in [0.25, 0.3) is 16.6 Å². The molecule has 0 radical (unpaired) electrons. The maximum atomic E-state index is 13.0. The largest absolute Gasteiger partial charge is 0.325 e. The van der Waals surface area contributed by atoms with Gasteiger partial charge in [-0.1, -0.05) is 23.2 Å². The second-order valence-electron chi connectivity index (χ2n) is 5.45. The third kappa shape index (κ3) is 3.02. The maximum absolute atomic E-state index is 13.0. The minimum absolute atomic E-state index is 0.287. The highest BCUT2D eigenvalue weighted by molar-refractivity contribution is 6.42. The molecule has 9 heteroatoms. The van der Waals surface area contributed by atoms with Crippen LogP contribution in [-0.2, 0) is 0 Å². The van der Waals surface area contributed by atoms with Gasteiger partial charge in [-0.25, -0.2) is 14.4 Å². The molecule has 26 heavy (non-hydrogen) atoms. The van der Waals surface area contributed by atoms with Crippen molar-refractivity contribution in [1.82, 2.24) is 19.7 Å². The Morgan fingerprint density at radius 3 is 2.54 bits per heavy atom. The van der Waals surface area contributed by atoms with Crippen LogP contribution in [0.3, 0.4) is 0 Å². The molecule has 0 aliphatic carbocycles. The van der Waals surface area contributed by atoms with Gasteiger partial charge in [-0.3, -0.25) is 14.6 Å². The molecule has 0 atom stereocenters. The molecule has 0 saturated heterocycles. The number of nitrogens with one attached hydrogen (secondary N) is 2. The molecule has 0 unspecified atom stereocenters. The van der Waals surface area contributed by atoms with Gasteiger partial charge in [-0.2, -0.15) is 0 Å². The van der Waals surface area contributed by atoms with Crippen LogP contribution >= 0.6 is 23.2 Å². The van der Waals surface area contributed by atoms with Crippen molar-refractivity contribution in [3.8, 4) is 5.69 Å². The fourth-order valence-corrected chi connectivity index (χ4v) is 2.80. The fourth-order valence-electron chi connectivity index (χ4n) is 2.50. The van der Waals surface area contributed by atoms with Crippen molar-refractivity contribution in [2.24, 2.45) is 0 Å². The van der Waals surface area contributed by atoms with Crippen LogP contribution in [0.15, 0.2) is 53.6 Å². The van der Waals surface area contributed by atoms with Crippen molar-refractivity contribution < 1.29 is 4.39 Å². The van der Waals surface area contributed by atoms with E-state index < -0.39 is 5.82 Å². The summed E-state index contributed by atoms with van der Waals surface area (Å²) in [6.45, 7) is 0. The molecular weight excluding hydrogens is 380 g/mol. The number of H-pyrrole nitrogens is 1. The summed E-state index contributed by atoms with van der Waals surface area (Å²) in [6.07, 6.45) is 2.55. The average molecular weight is 390 g/mol. The van der Waals surface area contributed by atoms with E-state index in [2.05, 4.69) is 20.4 Å². The first-order valence-corrected chi connectivity index (χ1v) is 8.21. The van der Waals surface area contributed by atoms with Crippen LogP contribution in [0.4, 0.5) is 16.0 Å². The highest BCUT2D eigenvalue weighted by Crippen LogP contribution is 2.26. The Hall–Kier alpha value is -2.90. The molecular formula is C17H10Cl2FN5O. The number of pyridine rings is 2. The monoisotopic (exact) mass is 389 g/mol. The lowest BCUT2D eigenvalue weighted by atomic mass is 10.3. The number of fused-ring (bicyclic) bond motifs is 1. The van der Waals surface area contributed by atoms with E-state index >= 15 is 0 Å². The number of anilines is 2. The Morgan fingerprint density at radius 1 is 1.00 bits per heavy atom. The molecule has 0 amide bonds. The molecule has 1 aromatic carbocycles. The van der Waals surface area contributed by atoms with Crippen LogP contribution in [0.2, 0.25) is 10.0 Å². The SMILES string of the molecule is O=c1[nH]n(-c2ccc(Cl)c(Cl)c2)c2cc(Nc3ccc(F)cn3)ncc12. The molecule has 4 aromatic rings. The van der Waals surface area contributed by atoms with Crippen LogP contribution in [0.1, 0.15) is 0 Å². The summed E-state index contributed by atoms with van der Waals surface area (Å²) in [4.78, 5) is 20.3. The summed E-state index contributed by atoms with van der Waals surface area (Å²) in [5.41, 5.74) is 0.946. The molecule has 4 rings (SSSR count). The predicted molar refractivity (Wildman–Crippen MR) is 99.2 cm³/mol. The summed E-state index contributed by atoms with van der Waals surface area (Å²) >= 11 is 12.0. The van der Waals surface area contributed by atoms with Gasteiger partial charge in [0.15, 0.2) is 0 Å². The smallest absolute Gasteiger partial charge is 0.273 e. The summed E-state index contributed by atoms with van der Waals surface area (Å²) in [7, 11) is 0. The zero-order chi connectivity index (χ0) is 18.3. The van der Waals surface area contributed by atoms with Gasteiger partial charge in [0.25, 0.3) is 5.56 Å². The Bertz CT molecular complexity index is 1170. The number of rotatable bonds is 3. The van der Waals surface area contributed by atoms with E-state index in [-0.39, 0.29) is 5.56 Å². The normalized spacial score (nSPS) is 11.0. The van der Waals surface area contributed by atoms with E-state index in [0.717, 1.165) is 6.20 Å². The molecule has 3 aromatic heterocycles. The van der Waals surface area contributed by atoms with Gasteiger partial charge >= 0.3 is 0 Å². The van der Waals surface area contributed by atoms with E-state index in [4.69, 9.17) is 23.2 Å². The van der Waals surface area contributed by atoms with Gasteiger partial charge in [0.05, 0.1) is 32.8 Å². The second-order valence-corrected chi connectivity index (χ2v) is 6.26. The molecule has 3 heterocycles. The Labute approximate surface area is 156 Å². The number of benzene rings is 1. The van der Waals surface area contributed by atoms with E-state index in [1.807, 2.05) is 0 Å². The van der Waals surface area contributed by atoms with Crippen molar-refractivity contribution in [2.75, 3.05) is 5.32 Å².